The van der Waals surface area contributed by atoms with Crippen molar-refractivity contribution in [2.24, 2.45) is 5.41 Å². The number of ether oxygens (including phenoxy) is 1. The molecule has 0 fully saturated rings. The highest BCUT2D eigenvalue weighted by molar-refractivity contribution is 5.75. The second-order valence-corrected chi connectivity index (χ2v) is 4.19. The molecule has 2 nitrogen and oxygen atoms in total. The average Bonchev–Trinajstić information content (AvgIpc) is 2.13. The van der Waals surface area contributed by atoms with Crippen molar-refractivity contribution in [3.63, 3.8) is 0 Å². The van der Waals surface area contributed by atoms with Crippen LogP contribution in [0.25, 0.3) is 0 Å². The predicted molar refractivity (Wildman–Crippen MR) is 50.5 cm³/mol. The molecule has 15 heavy (non-hydrogen) atoms. The predicted octanol–water partition coefficient (Wildman–Crippen LogP) is 2.96. The van der Waals surface area contributed by atoms with Crippen molar-refractivity contribution < 1.29 is 22.7 Å². The second kappa shape index (κ2) is 4.86. The molecule has 0 heterocycles. The van der Waals surface area contributed by atoms with Crippen molar-refractivity contribution in [2.75, 3.05) is 6.61 Å². The molecule has 0 saturated heterocycles. The number of alkyl halides is 3. The molecule has 0 aliphatic heterocycles. The molecule has 0 radical (unpaired) electrons. The molecule has 0 saturated carbocycles. The molecule has 0 bridgehead atoms. The monoisotopic (exact) mass is 226 g/mol. The molecule has 0 aromatic heterocycles. The fourth-order valence-electron chi connectivity index (χ4n) is 0.616. The molecule has 0 aliphatic rings. The molecule has 0 spiro atoms. The first-order valence-electron chi connectivity index (χ1n) is 4.82. The number of halogens is 3. The summed E-state index contributed by atoms with van der Waals surface area (Å²) in [6, 6.07) is 0. The van der Waals surface area contributed by atoms with Crippen LogP contribution in [-0.4, -0.2) is 24.7 Å². The van der Waals surface area contributed by atoms with E-state index in [-0.39, 0.29) is 0 Å². The minimum absolute atomic E-state index is 0.475. The molecule has 0 aliphatic carbocycles. The molecule has 5 heteroatoms. The number of carbonyl (C=O) groups excluding carboxylic acids is 1. The summed E-state index contributed by atoms with van der Waals surface area (Å²) in [4.78, 5) is 11.3. The third kappa shape index (κ3) is 4.10. The van der Waals surface area contributed by atoms with E-state index < -0.39 is 30.1 Å². The van der Waals surface area contributed by atoms with Crippen molar-refractivity contribution in [3.8, 4) is 0 Å². The van der Waals surface area contributed by atoms with Crippen LogP contribution in [0.1, 0.15) is 34.1 Å². The first-order valence-corrected chi connectivity index (χ1v) is 4.82. The van der Waals surface area contributed by atoms with Crippen molar-refractivity contribution in [3.05, 3.63) is 0 Å². The maximum Gasteiger partial charge on any atom is 0.311 e. The Morgan fingerprint density at radius 3 is 2.20 bits per heavy atom. The number of hydrogen-bond acceptors (Lipinski definition) is 2. The number of carbonyl (C=O) groups is 1. The summed E-state index contributed by atoms with van der Waals surface area (Å²) in [5, 5.41) is 0. The molecule has 0 rings (SSSR count). The molecule has 0 aromatic carbocycles. The fraction of sp³-hybridized carbons (Fsp3) is 0.900. The highest BCUT2D eigenvalue weighted by Crippen LogP contribution is 2.25. The lowest BCUT2D eigenvalue weighted by Crippen LogP contribution is -2.37. The summed E-state index contributed by atoms with van der Waals surface area (Å²) in [6.45, 7) is 4.46. The van der Waals surface area contributed by atoms with Crippen LogP contribution >= 0.6 is 0 Å². The average molecular weight is 226 g/mol. The summed E-state index contributed by atoms with van der Waals surface area (Å²) < 4.78 is 42.3. The van der Waals surface area contributed by atoms with Gasteiger partial charge in [-0.05, 0) is 27.2 Å². The zero-order valence-corrected chi connectivity index (χ0v) is 9.44. The standard InChI is InChI=1S/C10H17F3O2/c1-5-9(3,4)8(14)15-6-10(12,13)7(2)11/h7H,5-6H2,1-4H3. The molecule has 1 atom stereocenters. The third-order valence-electron chi connectivity index (χ3n) is 2.41. The lowest BCUT2D eigenvalue weighted by Gasteiger charge is -2.23. The fourth-order valence-corrected chi connectivity index (χ4v) is 0.616. The van der Waals surface area contributed by atoms with Crippen molar-refractivity contribution in [2.45, 2.75) is 46.2 Å². The van der Waals surface area contributed by atoms with Crippen molar-refractivity contribution in [1.29, 1.82) is 0 Å². The Morgan fingerprint density at radius 1 is 1.40 bits per heavy atom. The van der Waals surface area contributed by atoms with Gasteiger partial charge in [-0.2, -0.15) is 8.78 Å². The quantitative estimate of drug-likeness (QED) is 0.674. The highest BCUT2D eigenvalue weighted by Gasteiger charge is 2.40. The maximum absolute atomic E-state index is 12.7. The lowest BCUT2D eigenvalue weighted by molar-refractivity contribution is -0.171. The maximum atomic E-state index is 12.7. The Kier molecular flexibility index (Phi) is 4.62. The van der Waals surface area contributed by atoms with E-state index in [0.717, 1.165) is 6.92 Å². The van der Waals surface area contributed by atoms with Crippen LogP contribution in [0.15, 0.2) is 0 Å². The summed E-state index contributed by atoms with van der Waals surface area (Å²) in [5.74, 6) is -4.34. The van der Waals surface area contributed by atoms with E-state index in [4.69, 9.17) is 0 Å². The molecular formula is C10H17F3O2. The van der Waals surface area contributed by atoms with E-state index in [0.29, 0.717) is 6.42 Å². The minimum atomic E-state index is -3.61. The molecule has 0 N–H and O–H groups in total. The Hall–Kier alpha value is -0.740. The molecule has 1 unspecified atom stereocenters. The van der Waals surface area contributed by atoms with E-state index in [1.165, 1.54) is 0 Å². The van der Waals surface area contributed by atoms with E-state index in [1.54, 1.807) is 20.8 Å². The van der Waals surface area contributed by atoms with Gasteiger partial charge in [-0.1, -0.05) is 6.92 Å². The number of esters is 1. The van der Waals surface area contributed by atoms with Gasteiger partial charge >= 0.3 is 11.9 Å². The van der Waals surface area contributed by atoms with Gasteiger partial charge in [0.15, 0.2) is 12.8 Å². The van der Waals surface area contributed by atoms with Crippen LogP contribution in [0.4, 0.5) is 13.2 Å². The third-order valence-corrected chi connectivity index (χ3v) is 2.41. The smallest absolute Gasteiger partial charge is 0.311 e. The highest BCUT2D eigenvalue weighted by atomic mass is 19.3. The van der Waals surface area contributed by atoms with E-state index in [2.05, 4.69) is 4.74 Å². The molecular weight excluding hydrogens is 209 g/mol. The largest absolute Gasteiger partial charge is 0.459 e. The zero-order chi connectivity index (χ0) is 12.3. The van der Waals surface area contributed by atoms with Crippen LogP contribution in [0.5, 0.6) is 0 Å². The molecule has 0 amide bonds. The Labute approximate surface area is 87.8 Å². The van der Waals surface area contributed by atoms with Gasteiger partial charge in [0.2, 0.25) is 0 Å². The zero-order valence-electron chi connectivity index (χ0n) is 9.44. The lowest BCUT2D eigenvalue weighted by atomic mass is 9.91. The summed E-state index contributed by atoms with van der Waals surface area (Å²) >= 11 is 0. The Bertz CT molecular complexity index is 225. The topological polar surface area (TPSA) is 26.3 Å². The van der Waals surface area contributed by atoms with Crippen molar-refractivity contribution >= 4 is 5.97 Å². The van der Waals surface area contributed by atoms with Crippen LogP contribution < -0.4 is 0 Å². The first-order chi connectivity index (χ1) is 6.63. The molecule has 0 aromatic rings. The van der Waals surface area contributed by atoms with Gasteiger partial charge in [0, 0.05) is 0 Å². The van der Waals surface area contributed by atoms with Crippen LogP contribution in [-0.2, 0) is 9.53 Å². The molecule has 90 valence electrons. The van der Waals surface area contributed by atoms with E-state index in [1.807, 2.05) is 0 Å². The van der Waals surface area contributed by atoms with Gasteiger partial charge in [0.25, 0.3) is 0 Å². The van der Waals surface area contributed by atoms with Crippen LogP contribution in [0, 0.1) is 5.41 Å². The van der Waals surface area contributed by atoms with Crippen LogP contribution in [0.2, 0.25) is 0 Å². The van der Waals surface area contributed by atoms with Gasteiger partial charge in [0.05, 0.1) is 5.41 Å². The Morgan fingerprint density at radius 2 is 1.87 bits per heavy atom. The minimum Gasteiger partial charge on any atom is -0.459 e. The van der Waals surface area contributed by atoms with Gasteiger partial charge < -0.3 is 4.74 Å². The number of rotatable bonds is 5. The first kappa shape index (κ1) is 14.3. The Balaban J connectivity index is 4.24. The SMILES string of the molecule is CCC(C)(C)C(=O)OCC(F)(F)C(C)F. The number of hydrogen-bond donors (Lipinski definition) is 0. The summed E-state index contributed by atoms with van der Waals surface area (Å²) in [7, 11) is 0. The summed E-state index contributed by atoms with van der Waals surface area (Å²) in [6.07, 6.45) is -1.85. The van der Waals surface area contributed by atoms with E-state index >= 15 is 0 Å². The normalized spacial score (nSPS) is 14.9. The van der Waals surface area contributed by atoms with Gasteiger partial charge in [0.1, 0.15) is 0 Å². The summed E-state index contributed by atoms with van der Waals surface area (Å²) in [5.41, 5.74) is -0.810. The van der Waals surface area contributed by atoms with Gasteiger partial charge in [-0.15, -0.1) is 0 Å². The second-order valence-electron chi connectivity index (χ2n) is 4.19. The van der Waals surface area contributed by atoms with Gasteiger partial charge in [-0.25, -0.2) is 4.39 Å². The van der Waals surface area contributed by atoms with Crippen LogP contribution in [0.3, 0.4) is 0 Å². The van der Waals surface area contributed by atoms with E-state index in [9.17, 15) is 18.0 Å². The van der Waals surface area contributed by atoms with Gasteiger partial charge in [-0.3, -0.25) is 4.79 Å². The van der Waals surface area contributed by atoms with Crippen molar-refractivity contribution in [1.82, 2.24) is 0 Å².